The lowest BCUT2D eigenvalue weighted by Gasteiger charge is -2.33. The van der Waals surface area contributed by atoms with Gasteiger partial charge in [0, 0.05) is 12.8 Å². The van der Waals surface area contributed by atoms with Gasteiger partial charge in [-0.2, -0.15) is 0 Å². The summed E-state index contributed by atoms with van der Waals surface area (Å²) in [5.74, 6) is 0.232. The molecule has 0 spiro atoms. The first kappa shape index (κ1) is 20.4. The van der Waals surface area contributed by atoms with E-state index in [-0.39, 0.29) is 17.4 Å². The Morgan fingerprint density at radius 2 is 1.81 bits per heavy atom. The fourth-order valence-corrected chi connectivity index (χ4v) is 2.08. The Kier molecular flexibility index (Phi) is 8.49. The molecule has 0 aliphatic carbocycles. The molecule has 0 bridgehead atoms. The largest absolute Gasteiger partial charge is 0.428 e. The second-order valence-corrected chi connectivity index (χ2v) is 7.72. The summed E-state index contributed by atoms with van der Waals surface area (Å²) in [4.78, 5) is 4.48. The molecule has 0 saturated carbocycles. The van der Waals surface area contributed by atoms with Crippen LogP contribution in [-0.4, -0.2) is 37.1 Å². The number of hydrogen-bond donors (Lipinski definition) is 1. The molecular formula is C17H33BNO2. The van der Waals surface area contributed by atoms with Crippen LogP contribution in [0.2, 0.25) is 0 Å². The molecule has 0 amide bonds. The first-order chi connectivity index (χ1) is 9.47. The Labute approximate surface area is 132 Å². The van der Waals surface area contributed by atoms with Crippen LogP contribution >= 0.6 is 0 Å². The number of aliphatic imine (C=N–C) groups is 1. The monoisotopic (exact) mass is 294 g/mol. The van der Waals surface area contributed by atoms with E-state index in [1.807, 2.05) is 20.1 Å². The van der Waals surface area contributed by atoms with Crippen molar-refractivity contribution in [1.29, 1.82) is 0 Å². The van der Waals surface area contributed by atoms with Crippen molar-refractivity contribution in [3.05, 3.63) is 11.5 Å². The van der Waals surface area contributed by atoms with Crippen LogP contribution in [0.1, 0.15) is 61.8 Å². The maximum atomic E-state index is 10.2. The van der Waals surface area contributed by atoms with Crippen molar-refractivity contribution in [3.8, 4) is 0 Å². The van der Waals surface area contributed by atoms with E-state index in [1.54, 1.807) is 21.3 Å². The van der Waals surface area contributed by atoms with E-state index in [9.17, 15) is 5.11 Å². The lowest BCUT2D eigenvalue weighted by atomic mass is 9.84. The molecule has 0 fully saturated rings. The van der Waals surface area contributed by atoms with Crippen molar-refractivity contribution in [2.75, 3.05) is 6.54 Å². The van der Waals surface area contributed by atoms with Gasteiger partial charge in [-0.25, -0.2) is 0 Å². The highest BCUT2D eigenvalue weighted by atomic mass is 16.5. The SMILES string of the molecule is CCC=C([B]OC(C(C)C)C(C)(C)O)C=NCC(C)(C)C. The van der Waals surface area contributed by atoms with Crippen molar-refractivity contribution >= 4 is 13.7 Å². The predicted octanol–water partition coefficient (Wildman–Crippen LogP) is 3.83. The van der Waals surface area contributed by atoms with Crippen LogP contribution in [0, 0.1) is 11.3 Å². The Bertz CT molecular complexity index is 349. The van der Waals surface area contributed by atoms with Crippen LogP contribution in [0.3, 0.4) is 0 Å². The second-order valence-electron chi connectivity index (χ2n) is 7.72. The molecule has 21 heavy (non-hydrogen) atoms. The van der Waals surface area contributed by atoms with E-state index >= 15 is 0 Å². The third-order valence-corrected chi connectivity index (χ3v) is 2.90. The summed E-state index contributed by atoms with van der Waals surface area (Å²) < 4.78 is 5.83. The minimum atomic E-state index is -0.870. The third-order valence-electron chi connectivity index (χ3n) is 2.90. The van der Waals surface area contributed by atoms with E-state index in [0.717, 1.165) is 18.4 Å². The van der Waals surface area contributed by atoms with Crippen LogP contribution in [0.15, 0.2) is 16.5 Å². The Morgan fingerprint density at radius 1 is 1.24 bits per heavy atom. The molecule has 121 valence electrons. The molecule has 1 unspecified atom stereocenters. The molecule has 0 aliphatic heterocycles. The molecule has 1 N–H and O–H groups in total. The summed E-state index contributed by atoms with van der Waals surface area (Å²) in [5, 5.41) is 10.2. The van der Waals surface area contributed by atoms with Gasteiger partial charge in [-0.05, 0) is 37.1 Å². The molecule has 0 aromatic rings. The second kappa shape index (κ2) is 8.74. The Hall–Kier alpha value is -0.605. The summed E-state index contributed by atoms with van der Waals surface area (Å²) in [6.45, 7) is 17.0. The van der Waals surface area contributed by atoms with Gasteiger partial charge in [-0.1, -0.05) is 47.6 Å². The first-order valence-corrected chi connectivity index (χ1v) is 7.88. The van der Waals surface area contributed by atoms with Gasteiger partial charge >= 0.3 is 7.48 Å². The molecule has 0 heterocycles. The highest BCUT2D eigenvalue weighted by Gasteiger charge is 2.30. The summed E-state index contributed by atoms with van der Waals surface area (Å²) >= 11 is 0. The fourth-order valence-electron chi connectivity index (χ4n) is 2.08. The lowest BCUT2D eigenvalue weighted by Crippen LogP contribution is -2.43. The maximum Gasteiger partial charge on any atom is 0.331 e. The summed E-state index contributed by atoms with van der Waals surface area (Å²) in [5.41, 5.74) is 0.268. The molecule has 4 heteroatoms. The van der Waals surface area contributed by atoms with E-state index in [2.05, 4.69) is 38.8 Å². The molecule has 1 radical (unpaired) electrons. The van der Waals surface area contributed by atoms with Crippen LogP contribution in [0.4, 0.5) is 0 Å². The van der Waals surface area contributed by atoms with Crippen LogP contribution < -0.4 is 0 Å². The van der Waals surface area contributed by atoms with Gasteiger partial charge in [0.15, 0.2) is 0 Å². The zero-order valence-electron chi connectivity index (χ0n) is 15.1. The van der Waals surface area contributed by atoms with Gasteiger partial charge in [0.05, 0.1) is 11.7 Å². The standard InChI is InChI=1S/C17H33BNO2/c1-9-10-14(11-19-12-16(4,5)6)18-21-15(13(2)3)17(7,8)20/h10-11,13,15,20H,9,12H2,1-8H3. The molecule has 0 saturated heterocycles. The van der Waals surface area contributed by atoms with Gasteiger partial charge in [0.2, 0.25) is 0 Å². The van der Waals surface area contributed by atoms with Crippen molar-refractivity contribution < 1.29 is 9.76 Å². The molecule has 0 aliphatic rings. The van der Waals surface area contributed by atoms with Crippen LogP contribution in [0.5, 0.6) is 0 Å². The van der Waals surface area contributed by atoms with Gasteiger partial charge in [0.1, 0.15) is 0 Å². The number of hydrogen-bond acceptors (Lipinski definition) is 3. The van der Waals surface area contributed by atoms with Crippen molar-refractivity contribution in [1.82, 2.24) is 0 Å². The van der Waals surface area contributed by atoms with Gasteiger partial charge in [-0.3, -0.25) is 4.99 Å². The topological polar surface area (TPSA) is 41.8 Å². The molecule has 3 nitrogen and oxygen atoms in total. The minimum absolute atomic E-state index is 0.183. The van der Waals surface area contributed by atoms with Gasteiger partial charge in [-0.15, -0.1) is 0 Å². The summed E-state index contributed by atoms with van der Waals surface area (Å²) in [6, 6.07) is 0. The first-order valence-electron chi connectivity index (χ1n) is 7.88. The fraction of sp³-hybridized carbons (Fsp3) is 0.824. The van der Waals surface area contributed by atoms with Gasteiger partial charge in [0.25, 0.3) is 0 Å². The van der Waals surface area contributed by atoms with Gasteiger partial charge < -0.3 is 9.76 Å². The predicted molar refractivity (Wildman–Crippen MR) is 93.0 cm³/mol. The van der Waals surface area contributed by atoms with E-state index in [4.69, 9.17) is 4.65 Å². The lowest BCUT2D eigenvalue weighted by molar-refractivity contribution is -0.0536. The Morgan fingerprint density at radius 3 is 2.19 bits per heavy atom. The summed E-state index contributed by atoms with van der Waals surface area (Å²) in [6.07, 6.45) is 4.62. The molecule has 0 aromatic heterocycles. The zero-order chi connectivity index (χ0) is 16.7. The van der Waals surface area contributed by atoms with Crippen LogP contribution in [0.25, 0.3) is 0 Å². The van der Waals surface area contributed by atoms with Crippen LogP contribution in [-0.2, 0) is 4.65 Å². The maximum absolute atomic E-state index is 10.2. The molecule has 0 aromatic carbocycles. The average Bonchev–Trinajstić information content (AvgIpc) is 2.24. The van der Waals surface area contributed by atoms with Crippen molar-refractivity contribution in [2.24, 2.45) is 16.3 Å². The number of aliphatic hydroxyl groups is 1. The minimum Gasteiger partial charge on any atom is -0.428 e. The smallest absolute Gasteiger partial charge is 0.331 e. The molecule has 0 rings (SSSR count). The van der Waals surface area contributed by atoms with Crippen molar-refractivity contribution in [3.63, 3.8) is 0 Å². The third kappa shape index (κ3) is 9.86. The zero-order valence-corrected chi connectivity index (χ0v) is 15.1. The highest BCUT2D eigenvalue weighted by Crippen LogP contribution is 2.20. The van der Waals surface area contributed by atoms with E-state index < -0.39 is 5.60 Å². The summed E-state index contributed by atoms with van der Waals surface area (Å²) in [7, 11) is 1.72. The Balaban J connectivity index is 4.69. The van der Waals surface area contributed by atoms with E-state index in [1.165, 1.54) is 0 Å². The van der Waals surface area contributed by atoms with Crippen molar-refractivity contribution in [2.45, 2.75) is 73.5 Å². The number of nitrogens with zero attached hydrogens (tertiary/aromatic N) is 1. The van der Waals surface area contributed by atoms with E-state index in [0.29, 0.717) is 0 Å². The number of rotatable bonds is 8. The number of allylic oxidation sites excluding steroid dienone is 2. The normalized spacial score (nSPS) is 15.8. The quantitative estimate of drug-likeness (QED) is 0.546. The highest BCUT2D eigenvalue weighted by molar-refractivity contribution is 6.46. The molecular weight excluding hydrogens is 261 g/mol. The average molecular weight is 294 g/mol. The molecule has 1 atom stereocenters.